The molecule has 0 bridgehead atoms. The van der Waals surface area contributed by atoms with Gasteiger partial charge in [-0.05, 0) is 19.1 Å². The van der Waals surface area contributed by atoms with E-state index in [9.17, 15) is 4.79 Å². The van der Waals surface area contributed by atoms with Crippen LogP contribution in [0.3, 0.4) is 0 Å². The van der Waals surface area contributed by atoms with Gasteiger partial charge in [0.2, 0.25) is 0 Å². The quantitative estimate of drug-likeness (QED) is 0.839. The molecular formula is C17H23N3O2S. The number of anilines is 1. The minimum absolute atomic E-state index is 0.148. The molecule has 1 aromatic carbocycles. The zero-order valence-electron chi connectivity index (χ0n) is 13.7. The maximum absolute atomic E-state index is 11.8. The molecule has 1 aromatic heterocycles. The Labute approximate surface area is 140 Å². The van der Waals surface area contributed by atoms with Crippen LogP contribution < -0.4 is 14.5 Å². The van der Waals surface area contributed by atoms with Crippen LogP contribution in [0.5, 0.6) is 5.75 Å². The molecule has 23 heavy (non-hydrogen) atoms. The molecule has 0 unspecified atom stereocenters. The first-order chi connectivity index (χ1) is 11.2. The molecule has 0 aliphatic carbocycles. The van der Waals surface area contributed by atoms with Crippen molar-refractivity contribution < 1.29 is 4.74 Å². The fraction of sp³-hybridized carbons (Fsp3) is 0.471. The molecule has 1 aliphatic heterocycles. The molecule has 6 heteroatoms. The molecule has 0 saturated carbocycles. The zero-order chi connectivity index (χ0) is 16.2. The number of benzene rings is 1. The summed E-state index contributed by atoms with van der Waals surface area (Å²) >= 11 is 1.29. The van der Waals surface area contributed by atoms with E-state index in [1.54, 1.807) is 7.11 Å². The summed E-state index contributed by atoms with van der Waals surface area (Å²) in [5, 5.41) is 1.93. The number of aryl methyl sites for hydroxylation is 1. The number of thiazole rings is 1. The summed E-state index contributed by atoms with van der Waals surface area (Å²) in [6, 6.07) is 8.17. The summed E-state index contributed by atoms with van der Waals surface area (Å²) in [5.41, 5.74) is 2.23. The summed E-state index contributed by atoms with van der Waals surface area (Å²) < 4.78 is 7.33. The van der Waals surface area contributed by atoms with E-state index in [0.29, 0.717) is 0 Å². The number of methoxy groups -OCH3 is 1. The van der Waals surface area contributed by atoms with Crippen molar-refractivity contribution in [2.45, 2.75) is 13.5 Å². The first kappa shape index (κ1) is 16.1. The van der Waals surface area contributed by atoms with Crippen LogP contribution in [0.4, 0.5) is 5.69 Å². The van der Waals surface area contributed by atoms with Crippen molar-refractivity contribution in [2.24, 2.45) is 0 Å². The fourth-order valence-electron chi connectivity index (χ4n) is 3.02. The maximum Gasteiger partial charge on any atom is 0.307 e. The number of para-hydroxylation sites is 2. The Kier molecular flexibility index (Phi) is 5.03. The van der Waals surface area contributed by atoms with Crippen LogP contribution in [-0.4, -0.2) is 49.3 Å². The van der Waals surface area contributed by atoms with Gasteiger partial charge < -0.3 is 14.2 Å². The summed E-state index contributed by atoms with van der Waals surface area (Å²) in [4.78, 5) is 16.7. The van der Waals surface area contributed by atoms with E-state index < -0.39 is 0 Å². The van der Waals surface area contributed by atoms with Gasteiger partial charge in [-0.15, -0.1) is 0 Å². The highest BCUT2D eigenvalue weighted by Crippen LogP contribution is 2.28. The Balaban J connectivity index is 1.55. The molecule has 2 heterocycles. The van der Waals surface area contributed by atoms with Gasteiger partial charge in [0.1, 0.15) is 5.75 Å². The van der Waals surface area contributed by atoms with E-state index in [4.69, 9.17) is 4.74 Å². The molecular weight excluding hydrogens is 310 g/mol. The zero-order valence-corrected chi connectivity index (χ0v) is 14.5. The average molecular weight is 333 g/mol. The van der Waals surface area contributed by atoms with E-state index in [0.717, 1.165) is 50.7 Å². The lowest BCUT2D eigenvalue weighted by molar-refractivity contribution is 0.246. The van der Waals surface area contributed by atoms with Crippen LogP contribution in [0.25, 0.3) is 0 Å². The lowest BCUT2D eigenvalue weighted by Crippen LogP contribution is -2.47. The summed E-state index contributed by atoms with van der Waals surface area (Å²) in [7, 11) is 1.72. The molecule has 0 atom stereocenters. The van der Waals surface area contributed by atoms with Gasteiger partial charge in [0.05, 0.1) is 12.8 Å². The van der Waals surface area contributed by atoms with Gasteiger partial charge in [-0.1, -0.05) is 23.5 Å². The molecule has 3 rings (SSSR count). The first-order valence-corrected chi connectivity index (χ1v) is 8.82. The van der Waals surface area contributed by atoms with Gasteiger partial charge >= 0.3 is 4.87 Å². The number of hydrogen-bond acceptors (Lipinski definition) is 5. The molecule has 1 aliphatic rings. The molecule has 2 aromatic rings. The third-order valence-electron chi connectivity index (χ3n) is 4.41. The van der Waals surface area contributed by atoms with Gasteiger partial charge in [0, 0.05) is 50.3 Å². The predicted octanol–water partition coefficient (Wildman–Crippen LogP) is 2.05. The molecule has 124 valence electrons. The van der Waals surface area contributed by atoms with Crippen molar-refractivity contribution in [1.82, 2.24) is 9.47 Å². The second-order valence-corrected chi connectivity index (χ2v) is 6.62. The molecule has 1 saturated heterocycles. The monoisotopic (exact) mass is 333 g/mol. The van der Waals surface area contributed by atoms with Crippen LogP contribution in [-0.2, 0) is 6.54 Å². The summed E-state index contributed by atoms with van der Waals surface area (Å²) in [6.45, 7) is 7.69. The second kappa shape index (κ2) is 7.19. The first-order valence-electron chi connectivity index (χ1n) is 7.94. The van der Waals surface area contributed by atoms with Crippen LogP contribution >= 0.6 is 11.3 Å². The number of ether oxygens (including phenoxy) is 1. The standard InChI is InChI=1S/C17H23N3O2S/c1-14-13-23-17(21)20(14)12-9-18-7-10-19(11-8-18)15-5-3-4-6-16(15)22-2/h3-6,13H,7-12H2,1-2H3. The molecule has 0 radical (unpaired) electrons. The highest BCUT2D eigenvalue weighted by molar-refractivity contribution is 7.07. The van der Waals surface area contributed by atoms with Gasteiger partial charge in [-0.3, -0.25) is 9.69 Å². The molecule has 0 spiro atoms. The normalized spacial score (nSPS) is 15.8. The van der Waals surface area contributed by atoms with Gasteiger partial charge in [0.25, 0.3) is 0 Å². The second-order valence-electron chi connectivity index (χ2n) is 5.80. The fourth-order valence-corrected chi connectivity index (χ4v) is 3.78. The van der Waals surface area contributed by atoms with E-state index >= 15 is 0 Å². The van der Waals surface area contributed by atoms with Crippen molar-refractivity contribution >= 4 is 17.0 Å². The van der Waals surface area contributed by atoms with Gasteiger partial charge in [-0.2, -0.15) is 0 Å². The van der Waals surface area contributed by atoms with E-state index in [1.807, 2.05) is 29.0 Å². The van der Waals surface area contributed by atoms with Crippen LogP contribution in [0.1, 0.15) is 5.69 Å². The Morgan fingerprint density at radius 1 is 1.13 bits per heavy atom. The lowest BCUT2D eigenvalue weighted by Gasteiger charge is -2.36. The molecule has 1 fully saturated rings. The van der Waals surface area contributed by atoms with Gasteiger partial charge in [-0.25, -0.2) is 0 Å². The Morgan fingerprint density at radius 2 is 1.87 bits per heavy atom. The van der Waals surface area contributed by atoms with Crippen molar-refractivity contribution in [3.8, 4) is 5.75 Å². The third-order valence-corrected chi connectivity index (χ3v) is 5.30. The molecule has 5 nitrogen and oxygen atoms in total. The average Bonchev–Trinajstić information content (AvgIpc) is 2.92. The van der Waals surface area contributed by atoms with Crippen molar-refractivity contribution in [1.29, 1.82) is 0 Å². The Hall–Kier alpha value is -1.79. The highest BCUT2D eigenvalue weighted by Gasteiger charge is 2.19. The molecule has 0 N–H and O–H groups in total. The van der Waals surface area contributed by atoms with Crippen LogP contribution in [0.15, 0.2) is 34.4 Å². The summed E-state index contributed by atoms with van der Waals surface area (Å²) in [6.07, 6.45) is 0. The number of nitrogens with zero attached hydrogens (tertiary/aromatic N) is 3. The number of rotatable bonds is 5. The Bertz CT molecular complexity index is 702. The van der Waals surface area contributed by atoms with Crippen molar-refractivity contribution in [3.63, 3.8) is 0 Å². The smallest absolute Gasteiger partial charge is 0.307 e. The largest absolute Gasteiger partial charge is 0.495 e. The van der Waals surface area contributed by atoms with Crippen LogP contribution in [0.2, 0.25) is 0 Å². The maximum atomic E-state index is 11.8. The van der Waals surface area contributed by atoms with Crippen molar-refractivity contribution in [2.75, 3.05) is 44.7 Å². The number of hydrogen-bond donors (Lipinski definition) is 0. The molecule has 0 amide bonds. The lowest BCUT2D eigenvalue weighted by atomic mass is 10.2. The minimum atomic E-state index is 0.148. The third kappa shape index (κ3) is 3.59. The SMILES string of the molecule is COc1ccccc1N1CCN(CCn2c(C)csc2=O)CC1. The van der Waals surface area contributed by atoms with Gasteiger partial charge in [0.15, 0.2) is 0 Å². The highest BCUT2D eigenvalue weighted by atomic mass is 32.1. The Morgan fingerprint density at radius 3 is 2.52 bits per heavy atom. The van der Waals surface area contributed by atoms with Crippen molar-refractivity contribution in [3.05, 3.63) is 45.0 Å². The topological polar surface area (TPSA) is 37.7 Å². The summed E-state index contributed by atoms with van der Waals surface area (Å²) in [5.74, 6) is 0.932. The number of aromatic nitrogens is 1. The van der Waals surface area contributed by atoms with E-state index in [-0.39, 0.29) is 4.87 Å². The minimum Gasteiger partial charge on any atom is -0.495 e. The predicted molar refractivity (Wildman–Crippen MR) is 95.0 cm³/mol. The number of piperazine rings is 1. The van der Waals surface area contributed by atoms with Crippen LogP contribution in [0, 0.1) is 6.92 Å². The van der Waals surface area contributed by atoms with E-state index in [2.05, 4.69) is 21.9 Å². The van der Waals surface area contributed by atoms with E-state index in [1.165, 1.54) is 17.0 Å².